The molecule has 9 heteroatoms. The number of aliphatic hydroxyl groups excluding tert-OH is 1. The van der Waals surface area contributed by atoms with E-state index in [1.807, 2.05) is 29.2 Å². The molecule has 1 saturated carbocycles. The molecular formula is C25H31ClN4O4. The highest BCUT2D eigenvalue weighted by atomic mass is 35.5. The molecule has 1 aliphatic carbocycles. The van der Waals surface area contributed by atoms with Crippen LogP contribution in [-0.4, -0.2) is 39.7 Å². The maximum absolute atomic E-state index is 13.2. The smallest absolute Gasteiger partial charge is 0.332 e. The molecule has 1 aromatic carbocycles. The third-order valence-corrected chi connectivity index (χ3v) is 6.62. The van der Waals surface area contributed by atoms with Crippen LogP contribution in [0.15, 0.2) is 33.9 Å². The lowest BCUT2D eigenvalue weighted by Crippen LogP contribution is -2.41. The topological polar surface area (TPSA) is 88.7 Å². The molecule has 34 heavy (non-hydrogen) atoms. The molecule has 1 unspecified atom stereocenters. The van der Waals surface area contributed by atoms with Crippen LogP contribution in [0, 0.1) is 11.8 Å². The van der Waals surface area contributed by atoms with Crippen molar-refractivity contribution in [2.24, 2.45) is 7.05 Å². The molecule has 4 rings (SSSR count). The molecule has 1 atom stereocenters. The Morgan fingerprint density at radius 3 is 2.62 bits per heavy atom. The van der Waals surface area contributed by atoms with Crippen LogP contribution in [0.3, 0.4) is 0 Å². The van der Waals surface area contributed by atoms with Crippen LogP contribution in [-0.2, 0) is 24.9 Å². The first kappa shape index (κ1) is 24.4. The maximum Gasteiger partial charge on any atom is 0.332 e. The first-order valence-corrected chi connectivity index (χ1v) is 12.2. The fourth-order valence-electron chi connectivity index (χ4n) is 4.58. The first-order chi connectivity index (χ1) is 16.5. The van der Waals surface area contributed by atoms with Crippen molar-refractivity contribution in [3.05, 3.63) is 55.7 Å². The van der Waals surface area contributed by atoms with Gasteiger partial charge in [-0.3, -0.25) is 13.9 Å². The predicted molar refractivity (Wildman–Crippen MR) is 133 cm³/mol. The molecule has 2 N–H and O–H groups in total. The Morgan fingerprint density at radius 2 is 1.91 bits per heavy atom. The van der Waals surface area contributed by atoms with Gasteiger partial charge in [-0.15, -0.1) is 0 Å². The van der Waals surface area contributed by atoms with E-state index in [0.717, 1.165) is 23.0 Å². The Labute approximate surface area is 204 Å². The van der Waals surface area contributed by atoms with Crippen LogP contribution in [0.2, 0.25) is 5.02 Å². The zero-order valence-electron chi connectivity index (χ0n) is 19.4. The van der Waals surface area contributed by atoms with Gasteiger partial charge < -0.3 is 20.1 Å². The van der Waals surface area contributed by atoms with Gasteiger partial charge in [0.15, 0.2) is 6.17 Å². The number of ether oxygens (including phenoxy) is 1. The summed E-state index contributed by atoms with van der Waals surface area (Å²) in [7, 11) is 1.65. The number of halogens is 1. The average molecular weight is 487 g/mol. The van der Waals surface area contributed by atoms with E-state index in [0.29, 0.717) is 36.1 Å². The van der Waals surface area contributed by atoms with Crippen LogP contribution in [0.1, 0.15) is 44.1 Å². The molecule has 2 aromatic rings. The first-order valence-electron chi connectivity index (χ1n) is 11.8. The highest BCUT2D eigenvalue weighted by Crippen LogP contribution is 2.31. The summed E-state index contributed by atoms with van der Waals surface area (Å²) < 4.78 is 8.56. The molecule has 0 saturated heterocycles. The van der Waals surface area contributed by atoms with Crippen LogP contribution in [0.25, 0.3) is 0 Å². The van der Waals surface area contributed by atoms with E-state index in [1.54, 1.807) is 7.05 Å². The third-order valence-electron chi connectivity index (χ3n) is 6.37. The van der Waals surface area contributed by atoms with Gasteiger partial charge in [0.2, 0.25) is 0 Å². The maximum atomic E-state index is 13.2. The number of aromatic nitrogens is 2. The highest BCUT2D eigenvalue weighted by Gasteiger charge is 2.34. The van der Waals surface area contributed by atoms with Gasteiger partial charge >= 0.3 is 5.69 Å². The Bertz CT molecular complexity index is 1170. The van der Waals surface area contributed by atoms with Crippen molar-refractivity contribution >= 4 is 23.1 Å². The summed E-state index contributed by atoms with van der Waals surface area (Å²) in [6.45, 7) is 0.818. The Hall–Kier alpha value is -2.73. The van der Waals surface area contributed by atoms with Crippen molar-refractivity contribution in [2.75, 3.05) is 23.4 Å². The van der Waals surface area contributed by atoms with Crippen molar-refractivity contribution < 1.29 is 9.84 Å². The number of rotatable bonds is 7. The van der Waals surface area contributed by atoms with Crippen LogP contribution in [0.5, 0.6) is 0 Å². The van der Waals surface area contributed by atoms with Gasteiger partial charge in [-0.05, 0) is 37.0 Å². The van der Waals surface area contributed by atoms with Crippen LogP contribution in [0.4, 0.5) is 11.5 Å². The monoisotopic (exact) mass is 486 g/mol. The minimum atomic E-state index is -0.493. The lowest BCUT2D eigenvalue weighted by atomic mass is 9.98. The van der Waals surface area contributed by atoms with E-state index in [4.69, 9.17) is 21.4 Å². The van der Waals surface area contributed by atoms with E-state index in [1.165, 1.54) is 23.8 Å². The molecule has 2 aliphatic rings. The summed E-state index contributed by atoms with van der Waals surface area (Å²) in [6, 6.07) is 7.45. The van der Waals surface area contributed by atoms with Gasteiger partial charge in [-0.2, -0.15) is 0 Å². The largest absolute Gasteiger partial charge is 0.396 e. The zero-order valence-corrected chi connectivity index (χ0v) is 20.2. The molecular weight excluding hydrogens is 456 g/mol. The lowest BCUT2D eigenvalue weighted by Gasteiger charge is -2.24. The predicted octanol–water partition coefficient (Wildman–Crippen LogP) is 2.69. The van der Waals surface area contributed by atoms with Crippen molar-refractivity contribution in [3.8, 4) is 11.8 Å². The van der Waals surface area contributed by atoms with Crippen LogP contribution >= 0.6 is 11.6 Å². The second-order valence-electron chi connectivity index (χ2n) is 8.77. The van der Waals surface area contributed by atoms with Gasteiger partial charge in [0.05, 0.1) is 6.10 Å². The van der Waals surface area contributed by atoms with Crippen molar-refractivity contribution in [1.82, 2.24) is 9.13 Å². The Kier molecular flexibility index (Phi) is 7.99. The average Bonchev–Trinajstić information content (AvgIpc) is 3.21. The molecule has 1 aromatic heterocycles. The second-order valence-corrected chi connectivity index (χ2v) is 9.20. The molecule has 0 bridgehead atoms. The number of hydrogen-bond acceptors (Lipinski definition) is 6. The number of aliphatic hydroxyl groups is 1. The lowest BCUT2D eigenvalue weighted by molar-refractivity contribution is 0.0497. The summed E-state index contributed by atoms with van der Waals surface area (Å²) >= 11 is 6.04. The summed E-state index contributed by atoms with van der Waals surface area (Å²) in [6.07, 6.45) is 5.91. The number of nitrogens with one attached hydrogen (secondary N) is 1. The number of benzene rings is 1. The second kappa shape index (κ2) is 11.1. The number of anilines is 2. The van der Waals surface area contributed by atoms with E-state index in [-0.39, 0.29) is 19.3 Å². The van der Waals surface area contributed by atoms with Gasteiger partial charge in [0.25, 0.3) is 5.56 Å². The van der Waals surface area contributed by atoms with Crippen molar-refractivity contribution in [2.45, 2.75) is 63.9 Å². The SMILES string of the molecule is Cn1c2c(c(=O)n(CCCO)c1=O)NC(C#CCOC1CCCCC1)N2Cc1ccc(Cl)cc1. The van der Waals surface area contributed by atoms with Crippen molar-refractivity contribution in [3.63, 3.8) is 0 Å². The number of hydrogen-bond donors (Lipinski definition) is 2. The van der Waals surface area contributed by atoms with Gasteiger partial charge in [-0.25, -0.2) is 4.79 Å². The fraction of sp³-hybridized carbons (Fsp3) is 0.520. The molecule has 8 nitrogen and oxygen atoms in total. The number of fused-ring (bicyclic) bond motifs is 1. The molecule has 182 valence electrons. The van der Waals surface area contributed by atoms with Gasteiger partial charge in [0.1, 0.15) is 18.1 Å². The summed E-state index contributed by atoms with van der Waals surface area (Å²) in [5.74, 6) is 6.80. The molecule has 0 radical (unpaired) electrons. The normalized spacial score (nSPS) is 17.7. The quantitative estimate of drug-likeness (QED) is 0.585. The fourth-order valence-corrected chi connectivity index (χ4v) is 4.70. The van der Waals surface area contributed by atoms with Crippen molar-refractivity contribution in [1.29, 1.82) is 0 Å². The molecule has 2 heterocycles. The zero-order chi connectivity index (χ0) is 24.1. The van der Waals surface area contributed by atoms with Gasteiger partial charge in [0, 0.05) is 31.8 Å². The minimum Gasteiger partial charge on any atom is -0.396 e. The molecule has 1 fully saturated rings. The van der Waals surface area contributed by atoms with E-state index in [2.05, 4.69) is 17.2 Å². The summed E-state index contributed by atoms with van der Waals surface area (Å²) in [5, 5.41) is 13.0. The third kappa shape index (κ3) is 5.33. The summed E-state index contributed by atoms with van der Waals surface area (Å²) in [4.78, 5) is 28.0. The van der Waals surface area contributed by atoms with E-state index < -0.39 is 17.4 Å². The highest BCUT2D eigenvalue weighted by molar-refractivity contribution is 6.30. The molecule has 1 aliphatic heterocycles. The summed E-state index contributed by atoms with van der Waals surface area (Å²) in [5.41, 5.74) is 0.479. The van der Waals surface area contributed by atoms with Crippen LogP contribution < -0.4 is 21.5 Å². The van der Waals surface area contributed by atoms with Gasteiger partial charge in [-0.1, -0.05) is 54.8 Å². The van der Waals surface area contributed by atoms with E-state index in [9.17, 15) is 9.59 Å². The minimum absolute atomic E-state index is 0.0993. The molecule has 0 amide bonds. The van der Waals surface area contributed by atoms with E-state index >= 15 is 0 Å². The number of nitrogens with zero attached hydrogens (tertiary/aromatic N) is 3. The Balaban J connectivity index is 1.63. The standard InChI is InChI=1S/C25H31ClN4O4/c1-28-23-22(24(32)29(25(28)33)14-6-15-31)27-21(9-5-16-34-20-7-3-2-4-8-20)30(23)17-18-10-12-19(26)13-11-18/h10-13,20-21,27,31H,2-4,6-8,14-17H2,1H3. The Morgan fingerprint density at radius 1 is 1.18 bits per heavy atom. The molecule has 0 spiro atoms.